The molecule has 4 nitrogen and oxygen atoms in total. The van der Waals surface area contributed by atoms with Crippen molar-refractivity contribution in [1.29, 1.82) is 0 Å². The van der Waals surface area contributed by atoms with Crippen LogP contribution in [0.3, 0.4) is 0 Å². The minimum atomic E-state index is -4.19. The van der Waals surface area contributed by atoms with E-state index in [4.69, 9.17) is 0 Å². The Bertz CT molecular complexity index is 412. The van der Waals surface area contributed by atoms with Crippen LogP contribution in [-0.4, -0.2) is 34.3 Å². The van der Waals surface area contributed by atoms with Gasteiger partial charge in [-0.3, -0.25) is 0 Å². The molecule has 0 amide bonds. The van der Waals surface area contributed by atoms with Crippen molar-refractivity contribution in [2.45, 2.75) is 32.2 Å². The van der Waals surface area contributed by atoms with Gasteiger partial charge in [0.1, 0.15) is 18.0 Å². The molecule has 0 aromatic carbocycles. The van der Waals surface area contributed by atoms with E-state index >= 15 is 0 Å². The van der Waals surface area contributed by atoms with Gasteiger partial charge in [-0.2, -0.15) is 13.2 Å². The molecule has 8 heteroatoms. The number of thioether (sulfide) groups is 1. The number of hydrogen-bond acceptors (Lipinski definition) is 5. The molecule has 20 heavy (non-hydrogen) atoms. The lowest BCUT2D eigenvalue weighted by atomic mass is 10.2. The smallest absolute Gasteiger partial charge is 0.370 e. The Morgan fingerprint density at radius 1 is 1.10 bits per heavy atom. The van der Waals surface area contributed by atoms with Gasteiger partial charge < -0.3 is 10.6 Å². The summed E-state index contributed by atoms with van der Waals surface area (Å²) in [6, 6.07) is 0. The molecule has 1 rings (SSSR count). The van der Waals surface area contributed by atoms with E-state index in [2.05, 4.69) is 20.6 Å². The van der Waals surface area contributed by atoms with Crippen molar-refractivity contribution in [3.63, 3.8) is 0 Å². The van der Waals surface area contributed by atoms with Crippen LogP contribution in [0, 0.1) is 0 Å². The average molecular weight is 308 g/mol. The van der Waals surface area contributed by atoms with Crippen molar-refractivity contribution in [2.75, 3.05) is 29.5 Å². The van der Waals surface area contributed by atoms with E-state index < -0.39 is 5.51 Å². The maximum atomic E-state index is 12.0. The Balaban J connectivity index is 2.60. The molecule has 2 N–H and O–H groups in total. The van der Waals surface area contributed by atoms with Gasteiger partial charge in [-0.25, -0.2) is 9.97 Å². The minimum Gasteiger partial charge on any atom is -0.370 e. The zero-order chi connectivity index (χ0) is 15.0. The number of hydrogen-bond donors (Lipinski definition) is 2. The standard InChI is InChI=1S/C12H19F3N4S/c1-3-5-16-10-9(4-2)11(19-8-18-10)17-6-7-20-12(13,14)15/h8H,3-7H2,1-2H3,(H2,16,17,18,19). The molecule has 1 heterocycles. The van der Waals surface area contributed by atoms with Crippen molar-refractivity contribution < 1.29 is 13.2 Å². The molecule has 0 bridgehead atoms. The van der Waals surface area contributed by atoms with E-state index in [-0.39, 0.29) is 24.1 Å². The number of rotatable bonds is 8. The Labute approximate surface area is 121 Å². The Hall–Kier alpha value is -1.18. The lowest BCUT2D eigenvalue weighted by Crippen LogP contribution is -2.13. The average Bonchev–Trinajstić information content (AvgIpc) is 2.40. The summed E-state index contributed by atoms with van der Waals surface area (Å²) in [5.41, 5.74) is -3.28. The maximum Gasteiger partial charge on any atom is 0.441 e. The predicted molar refractivity (Wildman–Crippen MR) is 77.2 cm³/mol. The zero-order valence-electron chi connectivity index (χ0n) is 11.5. The molecule has 1 aromatic rings. The molecule has 0 atom stereocenters. The molecule has 0 aliphatic carbocycles. The summed E-state index contributed by atoms with van der Waals surface area (Å²) in [5.74, 6) is 1.30. The fourth-order valence-corrected chi connectivity index (χ4v) is 2.07. The first-order valence-electron chi connectivity index (χ1n) is 6.50. The topological polar surface area (TPSA) is 49.8 Å². The lowest BCUT2D eigenvalue weighted by Gasteiger charge is -2.14. The van der Waals surface area contributed by atoms with Gasteiger partial charge in [-0.1, -0.05) is 13.8 Å². The maximum absolute atomic E-state index is 12.0. The van der Waals surface area contributed by atoms with Gasteiger partial charge in [0.2, 0.25) is 0 Å². The highest BCUT2D eigenvalue weighted by atomic mass is 32.2. The normalized spacial score (nSPS) is 11.4. The van der Waals surface area contributed by atoms with Gasteiger partial charge in [0, 0.05) is 24.4 Å². The zero-order valence-corrected chi connectivity index (χ0v) is 12.4. The van der Waals surface area contributed by atoms with Gasteiger partial charge >= 0.3 is 5.51 Å². The van der Waals surface area contributed by atoms with Crippen LogP contribution in [0.1, 0.15) is 25.8 Å². The van der Waals surface area contributed by atoms with Crippen molar-refractivity contribution in [1.82, 2.24) is 9.97 Å². The van der Waals surface area contributed by atoms with Gasteiger partial charge in [0.15, 0.2) is 0 Å². The number of nitrogens with zero attached hydrogens (tertiary/aromatic N) is 2. The first-order chi connectivity index (χ1) is 9.48. The summed E-state index contributed by atoms with van der Waals surface area (Å²) < 4.78 is 36.1. The molecule has 114 valence electrons. The van der Waals surface area contributed by atoms with E-state index in [1.165, 1.54) is 6.33 Å². The molecule has 0 aliphatic heterocycles. The second kappa shape index (κ2) is 8.18. The van der Waals surface area contributed by atoms with Gasteiger partial charge in [0.05, 0.1) is 0 Å². The molecule has 1 aromatic heterocycles. The van der Waals surface area contributed by atoms with Crippen molar-refractivity contribution in [3.05, 3.63) is 11.9 Å². The predicted octanol–water partition coefficient (Wildman–Crippen LogP) is 3.53. The summed E-state index contributed by atoms with van der Waals surface area (Å²) in [6.07, 6.45) is 3.09. The van der Waals surface area contributed by atoms with Crippen LogP contribution in [0.4, 0.5) is 24.8 Å². The van der Waals surface area contributed by atoms with Gasteiger partial charge in [0.25, 0.3) is 0 Å². The summed E-state index contributed by atoms with van der Waals surface area (Å²) in [5, 5.41) is 6.13. The minimum absolute atomic E-state index is 0.0372. The molecule has 0 radical (unpaired) electrons. The van der Waals surface area contributed by atoms with Crippen LogP contribution >= 0.6 is 11.8 Å². The van der Waals surface area contributed by atoms with E-state index in [9.17, 15) is 13.2 Å². The molecule has 0 spiro atoms. The quantitative estimate of drug-likeness (QED) is 0.720. The number of alkyl halides is 3. The summed E-state index contributed by atoms with van der Waals surface area (Å²) >= 11 is -0.0372. The second-order valence-electron chi connectivity index (χ2n) is 4.05. The van der Waals surface area contributed by atoms with E-state index in [0.717, 1.165) is 24.3 Å². The lowest BCUT2D eigenvalue weighted by molar-refractivity contribution is -0.0327. The van der Waals surface area contributed by atoms with Gasteiger partial charge in [-0.15, -0.1) is 0 Å². The van der Waals surface area contributed by atoms with Crippen LogP contribution in [0.2, 0.25) is 0 Å². The van der Waals surface area contributed by atoms with E-state index in [1.807, 2.05) is 13.8 Å². The van der Waals surface area contributed by atoms with Crippen LogP contribution in [0.15, 0.2) is 6.33 Å². The van der Waals surface area contributed by atoms with Crippen LogP contribution < -0.4 is 10.6 Å². The molecule has 0 saturated carbocycles. The third-order valence-electron chi connectivity index (χ3n) is 2.50. The van der Waals surface area contributed by atoms with Crippen LogP contribution in [0.25, 0.3) is 0 Å². The molecular formula is C12H19F3N4S. The molecular weight excluding hydrogens is 289 g/mol. The summed E-state index contributed by atoms with van der Waals surface area (Å²) in [6.45, 7) is 5.02. The highest BCUT2D eigenvalue weighted by molar-refractivity contribution is 8.00. The fourth-order valence-electron chi connectivity index (χ4n) is 1.63. The monoisotopic (exact) mass is 308 g/mol. The van der Waals surface area contributed by atoms with E-state index in [1.54, 1.807) is 0 Å². The third-order valence-corrected chi connectivity index (χ3v) is 3.24. The third kappa shape index (κ3) is 5.85. The first-order valence-corrected chi connectivity index (χ1v) is 7.48. The Morgan fingerprint density at radius 3 is 2.20 bits per heavy atom. The molecule has 0 unspecified atom stereocenters. The van der Waals surface area contributed by atoms with E-state index in [0.29, 0.717) is 12.2 Å². The Kier molecular flexibility index (Phi) is 6.90. The second-order valence-corrected chi connectivity index (χ2v) is 5.21. The Morgan fingerprint density at radius 2 is 1.70 bits per heavy atom. The number of anilines is 2. The number of nitrogens with one attached hydrogen (secondary N) is 2. The highest BCUT2D eigenvalue weighted by Crippen LogP contribution is 2.29. The molecule has 0 saturated heterocycles. The SMILES string of the molecule is CCCNc1ncnc(NCCSC(F)(F)F)c1CC. The number of halogens is 3. The van der Waals surface area contributed by atoms with Crippen molar-refractivity contribution in [2.24, 2.45) is 0 Å². The largest absolute Gasteiger partial charge is 0.441 e. The van der Waals surface area contributed by atoms with Gasteiger partial charge in [-0.05, 0) is 24.6 Å². The molecule has 0 aliphatic rings. The number of aromatic nitrogens is 2. The highest BCUT2D eigenvalue weighted by Gasteiger charge is 2.27. The summed E-state index contributed by atoms with van der Waals surface area (Å²) in [7, 11) is 0. The first kappa shape index (κ1) is 16.9. The van der Waals surface area contributed by atoms with Crippen molar-refractivity contribution >= 4 is 23.4 Å². The molecule has 0 fully saturated rings. The summed E-state index contributed by atoms with van der Waals surface area (Å²) in [4.78, 5) is 8.27. The van der Waals surface area contributed by atoms with Crippen LogP contribution in [-0.2, 0) is 6.42 Å². The fraction of sp³-hybridized carbons (Fsp3) is 0.667. The van der Waals surface area contributed by atoms with Crippen LogP contribution in [0.5, 0.6) is 0 Å². The van der Waals surface area contributed by atoms with Crippen molar-refractivity contribution in [3.8, 4) is 0 Å².